The van der Waals surface area contributed by atoms with Crippen LogP contribution in [-0.4, -0.2) is 4.98 Å². The maximum Gasteiger partial charge on any atom is 0.418 e. The Morgan fingerprint density at radius 3 is 2.41 bits per heavy atom. The van der Waals surface area contributed by atoms with Crippen LogP contribution < -0.4 is 0 Å². The number of nitriles is 1. The van der Waals surface area contributed by atoms with Crippen LogP contribution in [0.5, 0.6) is 0 Å². The summed E-state index contributed by atoms with van der Waals surface area (Å²) < 4.78 is 62.7. The highest BCUT2D eigenvalue weighted by Crippen LogP contribution is 2.39. The van der Waals surface area contributed by atoms with Crippen molar-refractivity contribution in [2.24, 2.45) is 0 Å². The first-order valence-corrected chi connectivity index (χ1v) is 4.56. The molecule has 0 radical (unpaired) electrons. The average molecular weight is 271 g/mol. The molecule has 0 atom stereocenters. The van der Waals surface area contributed by atoms with Gasteiger partial charge in [-0.1, -0.05) is 11.6 Å². The van der Waals surface area contributed by atoms with Gasteiger partial charge in [0.15, 0.2) is 0 Å². The third-order valence-corrected chi connectivity index (χ3v) is 2.23. The smallest absolute Gasteiger partial charge is 0.253 e. The summed E-state index contributed by atoms with van der Waals surface area (Å²) in [6, 6.07) is 1.45. The molecule has 17 heavy (non-hydrogen) atoms. The highest BCUT2D eigenvalue weighted by Gasteiger charge is 2.40. The summed E-state index contributed by atoms with van der Waals surface area (Å²) in [7, 11) is 0. The van der Waals surface area contributed by atoms with Crippen LogP contribution in [-0.2, 0) is 12.6 Å². The van der Waals surface area contributed by atoms with E-state index in [9.17, 15) is 22.0 Å². The fourth-order valence-corrected chi connectivity index (χ4v) is 1.49. The Bertz CT molecular complexity index is 464. The van der Waals surface area contributed by atoms with Crippen LogP contribution >= 0.6 is 11.6 Å². The predicted molar refractivity (Wildman–Crippen MR) is 48.5 cm³/mol. The Kier molecular flexibility index (Phi) is 3.88. The highest BCUT2D eigenvalue weighted by atomic mass is 35.5. The maximum absolute atomic E-state index is 12.6. The fraction of sp³-hybridized carbons (Fsp3) is 0.333. The summed E-state index contributed by atoms with van der Waals surface area (Å²) in [6.07, 6.45) is -8.45. The van der Waals surface area contributed by atoms with Gasteiger partial charge in [0.25, 0.3) is 6.43 Å². The zero-order chi connectivity index (χ0) is 13.2. The second-order valence-corrected chi connectivity index (χ2v) is 3.39. The number of nitrogens with zero attached hydrogens (tertiary/aromatic N) is 2. The van der Waals surface area contributed by atoms with Crippen molar-refractivity contribution in [3.63, 3.8) is 0 Å². The van der Waals surface area contributed by atoms with Crippen LogP contribution in [0.4, 0.5) is 22.0 Å². The van der Waals surface area contributed by atoms with Gasteiger partial charge in [-0.3, -0.25) is 4.98 Å². The molecule has 1 rings (SSSR count). The second-order valence-electron chi connectivity index (χ2n) is 2.98. The molecule has 0 aromatic carbocycles. The number of pyridine rings is 1. The quantitative estimate of drug-likeness (QED) is 0.767. The molecule has 0 saturated heterocycles. The third kappa shape index (κ3) is 2.82. The van der Waals surface area contributed by atoms with Gasteiger partial charge in [-0.05, 0) is 0 Å². The predicted octanol–water partition coefficient (Wildman–Crippen LogP) is 3.76. The van der Waals surface area contributed by atoms with Crippen molar-refractivity contribution in [3.8, 4) is 6.07 Å². The van der Waals surface area contributed by atoms with E-state index in [0.717, 1.165) is 0 Å². The third-order valence-electron chi connectivity index (χ3n) is 1.91. The number of rotatable bonds is 2. The van der Waals surface area contributed by atoms with Crippen LogP contribution in [0.15, 0.2) is 6.20 Å². The molecule has 0 unspecified atom stereocenters. The van der Waals surface area contributed by atoms with E-state index >= 15 is 0 Å². The van der Waals surface area contributed by atoms with Crippen molar-refractivity contribution < 1.29 is 22.0 Å². The largest absolute Gasteiger partial charge is 0.418 e. The molecular formula is C9H4ClF5N2. The van der Waals surface area contributed by atoms with E-state index in [0.29, 0.717) is 6.20 Å². The van der Waals surface area contributed by atoms with Gasteiger partial charge in [0.1, 0.15) is 5.69 Å². The molecular weight excluding hydrogens is 267 g/mol. The van der Waals surface area contributed by atoms with Crippen LogP contribution in [0, 0.1) is 11.3 Å². The van der Waals surface area contributed by atoms with Crippen molar-refractivity contribution >= 4 is 11.6 Å². The Balaban J connectivity index is 3.57. The summed E-state index contributed by atoms with van der Waals surface area (Å²) >= 11 is 5.43. The maximum atomic E-state index is 12.6. The molecule has 1 aromatic heterocycles. The minimum Gasteiger partial charge on any atom is -0.253 e. The molecule has 0 fully saturated rings. The average Bonchev–Trinajstić information content (AvgIpc) is 2.18. The molecule has 0 aliphatic heterocycles. The van der Waals surface area contributed by atoms with E-state index in [1.165, 1.54) is 6.07 Å². The zero-order valence-corrected chi connectivity index (χ0v) is 8.78. The number of hydrogen-bond acceptors (Lipinski definition) is 2. The van der Waals surface area contributed by atoms with Gasteiger partial charge in [0.05, 0.1) is 23.1 Å². The number of halogens is 6. The van der Waals surface area contributed by atoms with E-state index < -0.39 is 40.9 Å². The van der Waals surface area contributed by atoms with Gasteiger partial charge >= 0.3 is 6.18 Å². The molecule has 0 N–H and O–H groups in total. The fourth-order valence-electron chi connectivity index (χ4n) is 1.28. The lowest BCUT2D eigenvalue weighted by Gasteiger charge is -2.15. The first-order valence-electron chi connectivity index (χ1n) is 4.18. The molecule has 0 bridgehead atoms. The first kappa shape index (κ1) is 13.6. The molecule has 0 saturated carbocycles. The molecule has 0 spiro atoms. The van der Waals surface area contributed by atoms with Gasteiger partial charge < -0.3 is 0 Å². The van der Waals surface area contributed by atoms with E-state index in [4.69, 9.17) is 16.9 Å². The molecule has 2 nitrogen and oxygen atoms in total. The summed E-state index contributed by atoms with van der Waals surface area (Å²) in [5, 5.41) is 7.92. The molecule has 8 heteroatoms. The molecule has 92 valence electrons. The van der Waals surface area contributed by atoms with Crippen molar-refractivity contribution in [2.45, 2.75) is 19.0 Å². The van der Waals surface area contributed by atoms with E-state index in [1.807, 2.05) is 0 Å². The van der Waals surface area contributed by atoms with Crippen LogP contribution in [0.2, 0.25) is 5.02 Å². The first-order chi connectivity index (χ1) is 7.79. The zero-order valence-electron chi connectivity index (χ0n) is 8.02. The molecule has 1 aromatic rings. The van der Waals surface area contributed by atoms with Gasteiger partial charge in [-0.25, -0.2) is 8.78 Å². The van der Waals surface area contributed by atoms with Crippen molar-refractivity contribution in [3.05, 3.63) is 28.0 Å². The van der Waals surface area contributed by atoms with Gasteiger partial charge in [-0.2, -0.15) is 18.4 Å². The summed E-state index contributed by atoms with van der Waals surface area (Å²) in [6.45, 7) is 0. The van der Waals surface area contributed by atoms with Gasteiger partial charge in [0, 0.05) is 11.8 Å². The van der Waals surface area contributed by atoms with Gasteiger partial charge in [-0.15, -0.1) is 0 Å². The van der Waals surface area contributed by atoms with E-state index in [2.05, 4.69) is 4.98 Å². The van der Waals surface area contributed by atoms with Crippen molar-refractivity contribution in [2.75, 3.05) is 0 Å². The van der Waals surface area contributed by atoms with Crippen molar-refractivity contribution in [1.82, 2.24) is 4.98 Å². The molecule has 0 amide bonds. The second kappa shape index (κ2) is 4.84. The van der Waals surface area contributed by atoms with Gasteiger partial charge in [0.2, 0.25) is 0 Å². The van der Waals surface area contributed by atoms with E-state index in [-0.39, 0.29) is 0 Å². The molecule has 0 aliphatic rings. The van der Waals surface area contributed by atoms with Crippen LogP contribution in [0.25, 0.3) is 0 Å². The van der Waals surface area contributed by atoms with Crippen LogP contribution in [0.1, 0.15) is 23.2 Å². The Morgan fingerprint density at radius 2 is 2.00 bits per heavy atom. The van der Waals surface area contributed by atoms with Crippen molar-refractivity contribution in [1.29, 1.82) is 5.26 Å². The Hall–Kier alpha value is -1.42. The summed E-state index contributed by atoms with van der Waals surface area (Å²) in [5.74, 6) is 0. The summed E-state index contributed by atoms with van der Waals surface area (Å²) in [5.41, 5.74) is -3.71. The number of hydrogen-bond donors (Lipinski definition) is 0. The summed E-state index contributed by atoms with van der Waals surface area (Å²) in [4.78, 5) is 2.98. The highest BCUT2D eigenvalue weighted by molar-refractivity contribution is 6.31. The standard InChI is InChI=1S/C9H4ClF5N2/c10-5-3-17-7(8(11)12)6(9(13,14)15)4(5)1-2-16/h3,8H,1H2. The lowest BCUT2D eigenvalue weighted by Crippen LogP contribution is -2.15. The Labute approximate surface area is 97.6 Å². The SMILES string of the molecule is N#CCc1c(Cl)cnc(C(F)F)c1C(F)(F)F. The monoisotopic (exact) mass is 270 g/mol. The molecule has 0 aliphatic carbocycles. The number of alkyl halides is 5. The molecule has 1 heterocycles. The minimum absolute atomic E-state index is 0.455. The normalized spacial score (nSPS) is 11.6. The lowest BCUT2D eigenvalue weighted by molar-refractivity contribution is -0.140. The lowest BCUT2D eigenvalue weighted by atomic mass is 10.0. The van der Waals surface area contributed by atoms with Crippen LogP contribution in [0.3, 0.4) is 0 Å². The van der Waals surface area contributed by atoms with E-state index in [1.54, 1.807) is 0 Å². The topological polar surface area (TPSA) is 36.7 Å². The minimum atomic E-state index is -5.03. The Morgan fingerprint density at radius 1 is 1.41 bits per heavy atom. The number of aromatic nitrogens is 1.